The lowest BCUT2D eigenvalue weighted by molar-refractivity contribution is -0.136. The first-order valence-corrected chi connectivity index (χ1v) is 2.47. The van der Waals surface area contributed by atoms with Crippen LogP contribution >= 0.6 is 0 Å². The summed E-state index contributed by atoms with van der Waals surface area (Å²) in [4.78, 5) is 0. The van der Waals surface area contributed by atoms with Crippen molar-refractivity contribution in [3.05, 3.63) is 0 Å². The summed E-state index contributed by atoms with van der Waals surface area (Å²) in [5.41, 5.74) is -0.792. The zero-order valence-corrected chi connectivity index (χ0v) is 5.13. The average Bonchev–Trinajstić information content (AvgIpc) is 1.67. The minimum absolute atomic E-state index is 0.218. The molecule has 3 heteroatoms. The molecule has 0 heterocycles. The van der Waals surface area contributed by atoms with Crippen molar-refractivity contribution >= 4 is 0 Å². The normalized spacial score (nSPS) is 12.8. The fourth-order valence-electron chi connectivity index (χ4n) is 0.0816. The van der Waals surface area contributed by atoms with E-state index in [1.54, 1.807) is 13.8 Å². The average molecular weight is 120 g/mol. The quantitative estimate of drug-likeness (QED) is 0.423. The molecule has 0 unspecified atom stereocenters. The Kier molecular flexibility index (Phi) is 2.40. The number of rotatable bonds is 2. The highest BCUT2D eigenvalue weighted by Crippen LogP contribution is 2.16. The molecule has 0 rings (SSSR count). The van der Waals surface area contributed by atoms with Crippen molar-refractivity contribution in [1.29, 1.82) is 0 Å². The minimum Gasteiger partial charge on any atom is -0.396 e. The van der Waals surface area contributed by atoms with E-state index in [9.17, 15) is 0 Å². The molecule has 0 saturated heterocycles. The van der Waals surface area contributed by atoms with Crippen molar-refractivity contribution in [3.63, 3.8) is 0 Å². The molecule has 0 aliphatic heterocycles. The van der Waals surface area contributed by atoms with Gasteiger partial charge in [-0.25, -0.2) is 0 Å². The van der Waals surface area contributed by atoms with Gasteiger partial charge in [0.05, 0.1) is 6.61 Å². The lowest BCUT2D eigenvalue weighted by Gasteiger charge is -2.22. The van der Waals surface area contributed by atoms with E-state index in [4.69, 9.17) is 15.3 Å². The Morgan fingerprint density at radius 2 is 1.75 bits per heavy atom. The van der Waals surface area contributed by atoms with E-state index in [0.29, 0.717) is 0 Å². The van der Waals surface area contributed by atoms with Gasteiger partial charge >= 0.3 is 0 Å². The van der Waals surface area contributed by atoms with Gasteiger partial charge in [-0.05, 0) is 0 Å². The molecule has 0 bridgehead atoms. The van der Waals surface area contributed by atoms with Gasteiger partial charge in [-0.2, -0.15) is 0 Å². The van der Waals surface area contributed by atoms with Crippen LogP contribution in [-0.2, 0) is 0 Å². The van der Waals surface area contributed by atoms with Gasteiger partial charge in [-0.15, -0.1) is 0 Å². The highest BCUT2D eigenvalue weighted by Gasteiger charge is 2.24. The first-order chi connectivity index (χ1) is 3.50. The van der Waals surface area contributed by atoms with Crippen LogP contribution in [0.4, 0.5) is 0 Å². The fraction of sp³-hybridized carbons (Fsp3) is 1.00. The maximum Gasteiger partial charge on any atom is 0.158 e. The zero-order chi connectivity index (χ0) is 6.78. The van der Waals surface area contributed by atoms with Crippen molar-refractivity contribution in [3.8, 4) is 0 Å². The van der Waals surface area contributed by atoms with Gasteiger partial charge in [-0.3, -0.25) is 0 Å². The number of hydrogen-bond acceptors (Lipinski definition) is 3. The molecule has 0 aliphatic rings. The van der Waals surface area contributed by atoms with Crippen molar-refractivity contribution < 1.29 is 15.3 Å². The van der Waals surface area contributed by atoms with E-state index in [1.807, 2.05) is 0 Å². The maximum absolute atomic E-state index is 8.48. The van der Waals surface area contributed by atoms with Crippen LogP contribution in [-0.4, -0.2) is 28.2 Å². The minimum atomic E-state index is -1.44. The van der Waals surface area contributed by atoms with Crippen molar-refractivity contribution in [2.45, 2.75) is 20.1 Å². The molecule has 0 fully saturated rings. The molecule has 3 nitrogen and oxygen atoms in total. The molecule has 0 aromatic heterocycles. The summed E-state index contributed by atoms with van der Waals surface area (Å²) in [6, 6.07) is 0. The van der Waals surface area contributed by atoms with Crippen molar-refractivity contribution in [1.82, 2.24) is 0 Å². The summed E-state index contributed by atoms with van der Waals surface area (Å²) in [6.07, 6.45) is -1.44. The molecular formula is C5H12O3. The highest BCUT2D eigenvalue weighted by molar-refractivity contribution is 4.67. The van der Waals surface area contributed by atoms with Crippen LogP contribution in [0.15, 0.2) is 0 Å². The standard InChI is InChI=1S/C5H12O3/c1-5(2,3-6)4(7)8/h4,6-8H,3H2,1-2H3. The topological polar surface area (TPSA) is 60.7 Å². The van der Waals surface area contributed by atoms with Gasteiger partial charge in [0.2, 0.25) is 0 Å². The second-order valence-corrected chi connectivity index (χ2v) is 2.52. The Labute approximate surface area is 48.6 Å². The van der Waals surface area contributed by atoms with Gasteiger partial charge in [-0.1, -0.05) is 13.8 Å². The van der Waals surface area contributed by atoms with E-state index < -0.39 is 11.7 Å². The monoisotopic (exact) mass is 120 g/mol. The predicted octanol–water partition coefficient (Wildman–Crippen LogP) is -0.684. The Balaban J connectivity index is 3.71. The van der Waals surface area contributed by atoms with E-state index in [1.165, 1.54) is 0 Å². The van der Waals surface area contributed by atoms with E-state index in [-0.39, 0.29) is 6.61 Å². The zero-order valence-electron chi connectivity index (χ0n) is 5.13. The van der Waals surface area contributed by atoms with Crippen molar-refractivity contribution in [2.24, 2.45) is 5.41 Å². The summed E-state index contributed by atoms with van der Waals surface area (Å²) in [5, 5.41) is 25.4. The van der Waals surface area contributed by atoms with Gasteiger partial charge in [0.25, 0.3) is 0 Å². The van der Waals surface area contributed by atoms with E-state index >= 15 is 0 Å². The Morgan fingerprint density at radius 3 is 1.75 bits per heavy atom. The van der Waals surface area contributed by atoms with Gasteiger partial charge in [0.15, 0.2) is 6.29 Å². The summed E-state index contributed by atoms with van der Waals surface area (Å²) < 4.78 is 0. The first kappa shape index (κ1) is 7.88. The molecular weight excluding hydrogens is 108 g/mol. The molecule has 0 spiro atoms. The molecule has 3 N–H and O–H groups in total. The van der Waals surface area contributed by atoms with Gasteiger partial charge in [0.1, 0.15) is 0 Å². The van der Waals surface area contributed by atoms with Crippen LogP contribution < -0.4 is 0 Å². The predicted molar refractivity (Wildman–Crippen MR) is 29.1 cm³/mol. The van der Waals surface area contributed by atoms with Crippen LogP contribution in [0, 0.1) is 5.41 Å². The van der Waals surface area contributed by atoms with Crippen molar-refractivity contribution in [2.75, 3.05) is 6.61 Å². The molecule has 8 heavy (non-hydrogen) atoms. The third kappa shape index (κ3) is 1.78. The molecule has 0 radical (unpaired) electrons. The van der Waals surface area contributed by atoms with Gasteiger partial charge < -0.3 is 15.3 Å². The van der Waals surface area contributed by atoms with Crippen LogP contribution in [0.3, 0.4) is 0 Å². The summed E-state index contributed by atoms with van der Waals surface area (Å²) in [6.45, 7) is 2.92. The Morgan fingerprint density at radius 1 is 1.38 bits per heavy atom. The van der Waals surface area contributed by atoms with Crippen LogP contribution in [0.5, 0.6) is 0 Å². The smallest absolute Gasteiger partial charge is 0.158 e. The first-order valence-electron chi connectivity index (χ1n) is 2.47. The van der Waals surface area contributed by atoms with Crippen LogP contribution in [0.25, 0.3) is 0 Å². The summed E-state index contributed by atoms with van der Waals surface area (Å²) in [7, 11) is 0. The molecule has 0 aromatic carbocycles. The second-order valence-electron chi connectivity index (χ2n) is 2.52. The lowest BCUT2D eigenvalue weighted by atomic mass is 9.94. The third-order valence-corrected chi connectivity index (χ3v) is 1.11. The SMILES string of the molecule is CC(C)(CO)C(O)O. The summed E-state index contributed by atoms with van der Waals surface area (Å²) >= 11 is 0. The Hall–Kier alpha value is -0.120. The third-order valence-electron chi connectivity index (χ3n) is 1.11. The lowest BCUT2D eigenvalue weighted by Crippen LogP contribution is -2.32. The molecule has 0 aromatic rings. The van der Waals surface area contributed by atoms with E-state index in [0.717, 1.165) is 0 Å². The molecule has 0 aliphatic carbocycles. The fourth-order valence-corrected chi connectivity index (χ4v) is 0.0816. The largest absolute Gasteiger partial charge is 0.396 e. The van der Waals surface area contributed by atoms with Crippen LogP contribution in [0.1, 0.15) is 13.8 Å². The second kappa shape index (κ2) is 2.44. The maximum atomic E-state index is 8.48. The number of aliphatic hydroxyl groups is 3. The molecule has 0 amide bonds. The number of aliphatic hydroxyl groups excluding tert-OH is 2. The van der Waals surface area contributed by atoms with E-state index in [2.05, 4.69) is 0 Å². The molecule has 0 saturated carbocycles. The number of hydrogen-bond donors (Lipinski definition) is 3. The van der Waals surface area contributed by atoms with Crippen LogP contribution in [0.2, 0.25) is 0 Å². The van der Waals surface area contributed by atoms with Gasteiger partial charge in [0, 0.05) is 5.41 Å². The molecule has 50 valence electrons. The summed E-state index contributed by atoms with van der Waals surface area (Å²) in [5.74, 6) is 0. The Bertz CT molecular complexity index is 68.1. The highest BCUT2D eigenvalue weighted by atomic mass is 16.5. The molecule has 0 atom stereocenters.